The summed E-state index contributed by atoms with van der Waals surface area (Å²) in [6.45, 7) is 9.22. The molecule has 0 saturated heterocycles. The van der Waals surface area contributed by atoms with E-state index in [4.69, 9.17) is 4.74 Å². The van der Waals surface area contributed by atoms with Crippen molar-refractivity contribution in [2.24, 2.45) is 5.92 Å². The third-order valence-electron chi connectivity index (χ3n) is 3.30. The van der Waals surface area contributed by atoms with Crippen LogP contribution in [0.5, 0.6) is 0 Å². The van der Waals surface area contributed by atoms with Crippen LogP contribution in [0.25, 0.3) is 0 Å². The van der Waals surface area contributed by atoms with Gasteiger partial charge in [0.1, 0.15) is 0 Å². The van der Waals surface area contributed by atoms with Gasteiger partial charge in [-0.1, -0.05) is 20.8 Å². The van der Waals surface area contributed by atoms with Crippen LogP contribution in [-0.4, -0.2) is 44.9 Å². The van der Waals surface area contributed by atoms with Crippen molar-refractivity contribution in [3.63, 3.8) is 0 Å². The van der Waals surface area contributed by atoms with Crippen LogP contribution >= 0.6 is 0 Å². The van der Waals surface area contributed by atoms with Crippen molar-refractivity contribution < 1.29 is 13.2 Å². The highest BCUT2D eigenvalue weighted by Crippen LogP contribution is 2.17. The zero-order valence-corrected chi connectivity index (χ0v) is 14.2. The van der Waals surface area contributed by atoms with Crippen molar-refractivity contribution in [3.8, 4) is 0 Å². The summed E-state index contributed by atoms with van der Waals surface area (Å²) in [6.07, 6.45) is 0. The van der Waals surface area contributed by atoms with E-state index in [1.165, 1.54) is 0 Å². The summed E-state index contributed by atoms with van der Waals surface area (Å²) in [5, 5.41) is 9.89. The Labute approximate surface area is 126 Å². The molecule has 21 heavy (non-hydrogen) atoms. The van der Waals surface area contributed by atoms with Crippen molar-refractivity contribution in [1.29, 1.82) is 0 Å². The lowest BCUT2D eigenvalue weighted by Gasteiger charge is -2.21. The van der Waals surface area contributed by atoms with E-state index in [2.05, 4.69) is 20.2 Å². The van der Waals surface area contributed by atoms with Gasteiger partial charge in [-0.3, -0.25) is 5.10 Å². The van der Waals surface area contributed by atoms with E-state index in [-0.39, 0.29) is 17.0 Å². The molecule has 7 nitrogen and oxygen atoms in total. The molecule has 1 aromatic heterocycles. The van der Waals surface area contributed by atoms with Gasteiger partial charge in [0.05, 0.1) is 6.61 Å². The van der Waals surface area contributed by atoms with E-state index >= 15 is 0 Å². The molecule has 1 atom stereocenters. The molecule has 0 saturated carbocycles. The Kier molecular flexibility index (Phi) is 6.79. The molecule has 1 aromatic rings. The molecule has 3 N–H and O–H groups in total. The second kappa shape index (κ2) is 7.88. The lowest BCUT2D eigenvalue weighted by Crippen LogP contribution is -2.42. The number of aryl methyl sites for hydroxylation is 1. The molecular formula is C13H26N4O3S. The molecule has 0 bridgehead atoms. The number of H-pyrrole nitrogens is 1. The summed E-state index contributed by atoms with van der Waals surface area (Å²) in [5.41, 5.74) is 1.42. The number of ether oxygens (including phenoxy) is 1. The molecule has 8 heteroatoms. The van der Waals surface area contributed by atoms with Gasteiger partial charge >= 0.3 is 0 Å². The third-order valence-corrected chi connectivity index (χ3v) is 4.76. The first-order valence-corrected chi connectivity index (χ1v) is 8.57. The van der Waals surface area contributed by atoms with Crippen LogP contribution < -0.4 is 10.0 Å². The van der Waals surface area contributed by atoms with Gasteiger partial charge in [0.15, 0.2) is 5.03 Å². The van der Waals surface area contributed by atoms with Crippen molar-refractivity contribution in [1.82, 2.24) is 20.2 Å². The molecule has 1 rings (SSSR count). The van der Waals surface area contributed by atoms with Gasteiger partial charge in [0.25, 0.3) is 10.0 Å². The second-order valence-corrected chi connectivity index (χ2v) is 6.97. The summed E-state index contributed by atoms with van der Waals surface area (Å²) in [7, 11) is -2.12. The standard InChI is InChI=1S/C13H26N4O3S/c1-6-14-7-11-10(4)15-16-13(11)21(18,19)17-12(8-20-5)9(2)3/h9,12,14,17H,6-8H2,1-5H3,(H,15,16). The van der Waals surface area contributed by atoms with Crippen molar-refractivity contribution >= 4 is 10.0 Å². The fraction of sp³-hybridized carbons (Fsp3) is 0.769. The van der Waals surface area contributed by atoms with Crippen LogP contribution in [0.15, 0.2) is 5.03 Å². The molecule has 0 aliphatic rings. The number of hydrogen-bond acceptors (Lipinski definition) is 5. The number of nitrogens with zero attached hydrogens (tertiary/aromatic N) is 1. The minimum absolute atomic E-state index is 0.0581. The molecule has 0 amide bonds. The number of hydrogen-bond donors (Lipinski definition) is 3. The summed E-state index contributed by atoms with van der Waals surface area (Å²) < 4.78 is 32.8. The van der Waals surface area contributed by atoms with Gasteiger partial charge in [-0.25, -0.2) is 13.1 Å². The largest absolute Gasteiger partial charge is 0.383 e. The first kappa shape index (κ1) is 18.1. The smallest absolute Gasteiger partial charge is 0.260 e. The van der Waals surface area contributed by atoms with Crippen molar-refractivity contribution in [3.05, 3.63) is 11.3 Å². The normalized spacial score (nSPS) is 13.8. The summed E-state index contributed by atoms with van der Waals surface area (Å²) in [6, 6.07) is -0.288. The van der Waals surface area contributed by atoms with Crippen molar-refractivity contribution in [2.45, 2.75) is 45.3 Å². The van der Waals surface area contributed by atoms with E-state index in [1.54, 1.807) is 7.11 Å². The van der Waals surface area contributed by atoms with Crippen molar-refractivity contribution in [2.75, 3.05) is 20.3 Å². The van der Waals surface area contributed by atoms with E-state index < -0.39 is 10.0 Å². The SMILES string of the molecule is CCNCc1c(S(=O)(=O)NC(COC)C(C)C)n[nH]c1C. The molecule has 0 spiro atoms. The summed E-state index contributed by atoms with van der Waals surface area (Å²) in [5.74, 6) is 0.122. The van der Waals surface area contributed by atoms with Gasteiger partial charge in [0.2, 0.25) is 0 Å². The quantitative estimate of drug-likeness (QED) is 0.625. The topological polar surface area (TPSA) is 96.1 Å². The van der Waals surface area contributed by atoms with E-state index in [1.807, 2.05) is 27.7 Å². The lowest BCUT2D eigenvalue weighted by molar-refractivity contribution is 0.157. The predicted octanol–water partition coefficient (Wildman–Crippen LogP) is 0.777. The summed E-state index contributed by atoms with van der Waals surface area (Å²) >= 11 is 0. The molecule has 1 unspecified atom stereocenters. The number of aromatic nitrogens is 2. The first-order valence-electron chi connectivity index (χ1n) is 7.09. The molecule has 0 radical (unpaired) electrons. The van der Waals surface area contributed by atoms with Gasteiger partial charge < -0.3 is 10.1 Å². The Morgan fingerprint density at radius 1 is 1.38 bits per heavy atom. The molecule has 0 aliphatic carbocycles. The van der Waals surface area contributed by atoms with E-state index in [0.717, 1.165) is 12.2 Å². The molecule has 0 fully saturated rings. The highest BCUT2D eigenvalue weighted by atomic mass is 32.2. The van der Waals surface area contributed by atoms with Crippen LogP contribution in [0.3, 0.4) is 0 Å². The lowest BCUT2D eigenvalue weighted by atomic mass is 10.1. The predicted molar refractivity (Wildman–Crippen MR) is 81.5 cm³/mol. The van der Waals surface area contributed by atoms with E-state index in [0.29, 0.717) is 18.7 Å². The molecule has 0 aromatic carbocycles. The Balaban J connectivity index is 3.02. The molecule has 0 aliphatic heterocycles. The summed E-state index contributed by atoms with van der Waals surface area (Å²) in [4.78, 5) is 0. The van der Waals surface area contributed by atoms with Crippen LogP contribution in [0.1, 0.15) is 32.0 Å². The Bertz CT molecular complexity index is 540. The maximum absolute atomic E-state index is 12.5. The number of sulfonamides is 1. The second-order valence-electron chi connectivity index (χ2n) is 5.34. The number of rotatable bonds is 9. The van der Waals surface area contributed by atoms with Gasteiger partial charge in [-0.2, -0.15) is 5.10 Å². The van der Waals surface area contributed by atoms with Gasteiger partial charge in [-0.15, -0.1) is 0 Å². The van der Waals surface area contributed by atoms with E-state index in [9.17, 15) is 8.42 Å². The minimum atomic E-state index is -3.68. The van der Waals surface area contributed by atoms with Gasteiger partial charge in [-0.05, 0) is 19.4 Å². The Morgan fingerprint density at radius 3 is 2.57 bits per heavy atom. The number of nitrogens with one attached hydrogen (secondary N) is 3. The highest BCUT2D eigenvalue weighted by molar-refractivity contribution is 7.89. The number of methoxy groups -OCH3 is 1. The average molecular weight is 318 g/mol. The van der Waals surface area contributed by atoms with Crippen LogP contribution in [0.2, 0.25) is 0 Å². The third kappa shape index (κ3) is 4.77. The molecular weight excluding hydrogens is 292 g/mol. The van der Waals surface area contributed by atoms with Gasteiger partial charge in [0, 0.05) is 31.0 Å². The Morgan fingerprint density at radius 2 is 2.05 bits per heavy atom. The molecule has 1 heterocycles. The maximum Gasteiger partial charge on any atom is 0.260 e. The van der Waals surface area contributed by atoms with Crippen LogP contribution in [0.4, 0.5) is 0 Å². The Hall–Kier alpha value is -0.960. The highest BCUT2D eigenvalue weighted by Gasteiger charge is 2.27. The monoisotopic (exact) mass is 318 g/mol. The fourth-order valence-corrected chi connectivity index (χ4v) is 3.47. The molecule has 122 valence electrons. The maximum atomic E-state index is 12.5. The zero-order valence-electron chi connectivity index (χ0n) is 13.4. The average Bonchev–Trinajstić information content (AvgIpc) is 2.77. The van der Waals surface area contributed by atoms with Crippen LogP contribution in [-0.2, 0) is 21.3 Å². The van der Waals surface area contributed by atoms with Crippen LogP contribution in [0, 0.1) is 12.8 Å². The minimum Gasteiger partial charge on any atom is -0.383 e. The zero-order chi connectivity index (χ0) is 16.0. The fourth-order valence-electron chi connectivity index (χ4n) is 1.91. The number of aromatic amines is 1. The first-order chi connectivity index (χ1) is 9.83.